The molecular weight excluding hydrogens is 262 g/mol. The van der Waals surface area contributed by atoms with Gasteiger partial charge >= 0.3 is 0 Å². The fourth-order valence-corrected chi connectivity index (χ4v) is 6.72. The summed E-state index contributed by atoms with van der Waals surface area (Å²) >= 11 is 0. The predicted molar refractivity (Wildman–Crippen MR) is 75.7 cm³/mol. The van der Waals surface area contributed by atoms with Gasteiger partial charge in [0.05, 0.1) is 17.5 Å². The van der Waals surface area contributed by atoms with Gasteiger partial charge in [0.1, 0.15) is 5.78 Å². The van der Waals surface area contributed by atoms with Crippen molar-refractivity contribution in [2.24, 2.45) is 16.7 Å². The zero-order valence-corrected chi connectivity index (χ0v) is 13.4. The number of rotatable bonds is 2. The largest absolute Gasteiger partial charge is 0.298 e. The van der Waals surface area contributed by atoms with E-state index in [1.54, 1.807) is 6.92 Å². The van der Waals surface area contributed by atoms with E-state index < -0.39 is 9.84 Å². The molecular formula is C14H25NO3S. The Kier molecular flexibility index (Phi) is 3.38. The zero-order valence-electron chi connectivity index (χ0n) is 12.6. The number of Topliss-reactive ketones (excluding diaryl/α,β-unsaturated/α-hetero) is 1. The van der Waals surface area contributed by atoms with Crippen molar-refractivity contribution in [3.05, 3.63) is 0 Å². The second-order valence-corrected chi connectivity index (χ2v) is 9.50. The lowest BCUT2D eigenvalue weighted by atomic mass is 9.60. The van der Waals surface area contributed by atoms with Crippen LogP contribution in [0.2, 0.25) is 0 Å². The van der Waals surface area contributed by atoms with Crippen LogP contribution >= 0.6 is 0 Å². The van der Waals surface area contributed by atoms with Gasteiger partial charge in [-0.25, -0.2) is 8.42 Å². The molecule has 2 aliphatic heterocycles. The highest BCUT2D eigenvalue weighted by Gasteiger charge is 2.61. The summed E-state index contributed by atoms with van der Waals surface area (Å²) in [6.07, 6.45) is 0.804. The first-order chi connectivity index (χ1) is 8.48. The summed E-state index contributed by atoms with van der Waals surface area (Å²) in [6.45, 7) is 8.84. The van der Waals surface area contributed by atoms with Crippen LogP contribution in [0.4, 0.5) is 0 Å². The number of hydrogen-bond donors (Lipinski definition) is 0. The summed E-state index contributed by atoms with van der Waals surface area (Å²) in [5.41, 5.74) is -0.209. The molecule has 1 unspecified atom stereocenters. The van der Waals surface area contributed by atoms with Gasteiger partial charge in [-0.2, -0.15) is 0 Å². The van der Waals surface area contributed by atoms with E-state index in [0.29, 0.717) is 5.92 Å². The summed E-state index contributed by atoms with van der Waals surface area (Å²) in [4.78, 5) is 13.7. The Labute approximate surface area is 116 Å². The monoisotopic (exact) mass is 287 g/mol. The maximum Gasteiger partial charge on any atom is 0.151 e. The number of nitrogens with zero attached hydrogens (tertiary/aromatic N) is 1. The highest BCUT2D eigenvalue weighted by Crippen LogP contribution is 2.55. The third kappa shape index (κ3) is 2.35. The molecule has 0 N–H and O–H groups in total. The van der Waals surface area contributed by atoms with E-state index in [0.717, 1.165) is 13.0 Å². The average molecular weight is 287 g/mol. The molecule has 0 bridgehead atoms. The molecule has 0 aromatic heterocycles. The van der Waals surface area contributed by atoms with Gasteiger partial charge in [0.15, 0.2) is 9.84 Å². The van der Waals surface area contributed by atoms with E-state index in [-0.39, 0.29) is 34.2 Å². The van der Waals surface area contributed by atoms with Crippen molar-refractivity contribution in [3.8, 4) is 0 Å². The van der Waals surface area contributed by atoms with Gasteiger partial charge in [-0.3, -0.25) is 9.69 Å². The molecule has 2 rings (SSSR count). The van der Waals surface area contributed by atoms with Gasteiger partial charge < -0.3 is 0 Å². The first-order valence-corrected chi connectivity index (χ1v) is 8.72. The number of ketones is 1. The average Bonchev–Trinajstić information content (AvgIpc) is 2.54. The van der Waals surface area contributed by atoms with Gasteiger partial charge in [-0.15, -0.1) is 0 Å². The van der Waals surface area contributed by atoms with Crippen LogP contribution in [0.3, 0.4) is 0 Å². The first kappa shape index (κ1) is 15.0. The minimum Gasteiger partial charge on any atom is -0.298 e. The van der Waals surface area contributed by atoms with Crippen LogP contribution in [0.1, 0.15) is 34.1 Å². The van der Waals surface area contributed by atoms with E-state index >= 15 is 0 Å². The van der Waals surface area contributed by atoms with Gasteiger partial charge in [0.25, 0.3) is 0 Å². The van der Waals surface area contributed by atoms with Crippen LogP contribution in [-0.4, -0.2) is 50.2 Å². The topological polar surface area (TPSA) is 54.5 Å². The molecule has 4 nitrogen and oxygen atoms in total. The lowest BCUT2D eigenvalue weighted by Gasteiger charge is -2.54. The molecule has 5 heteroatoms. The standard InChI is InChI=1S/C14H25NO3S/c1-10(16)12-6-11(7-15(12)5)14(13(2,3)4)8-19(17,18)9-14/h11-12H,6-9H2,1-5H3/t11?,12-/m0/s1. The molecule has 0 radical (unpaired) electrons. The van der Waals surface area contributed by atoms with Crippen molar-refractivity contribution in [2.75, 3.05) is 25.1 Å². The molecule has 0 spiro atoms. The Morgan fingerprint density at radius 1 is 1.26 bits per heavy atom. The molecule has 19 heavy (non-hydrogen) atoms. The summed E-state index contributed by atoms with van der Waals surface area (Å²) in [5, 5.41) is 0. The Morgan fingerprint density at radius 2 is 1.79 bits per heavy atom. The lowest BCUT2D eigenvalue weighted by Crippen LogP contribution is -2.60. The van der Waals surface area contributed by atoms with Crippen molar-refractivity contribution in [1.82, 2.24) is 4.90 Å². The number of hydrogen-bond acceptors (Lipinski definition) is 4. The Balaban J connectivity index is 2.27. The van der Waals surface area contributed by atoms with E-state index in [1.807, 2.05) is 7.05 Å². The fraction of sp³-hybridized carbons (Fsp3) is 0.929. The fourth-order valence-electron chi connectivity index (χ4n) is 3.90. The maximum absolute atomic E-state index is 11.7. The summed E-state index contributed by atoms with van der Waals surface area (Å²) in [5.74, 6) is 1.06. The number of likely N-dealkylation sites (tertiary alicyclic amines) is 1. The molecule has 2 atom stereocenters. The van der Waals surface area contributed by atoms with Crippen LogP contribution in [-0.2, 0) is 14.6 Å². The molecule has 0 aliphatic carbocycles. The molecule has 2 heterocycles. The predicted octanol–water partition coefficient (Wildman–Crippen LogP) is 1.36. The smallest absolute Gasteiger partial charge is 0.151 e. The maximum atomic E-state index is 11.7. The molecule has 0 amide bonds. The van der Waals surface area contributed by atoms with Gasteiger partial charge in [0.2, 0.25) is 0 Å². The first-order valence-electron chi connectivity index (χ1n) is 6.90. The SMILES string of the molecule is CC(=O)[C@@H]1CC(C2(C(C)(C)C)CS(=O)(=O)C2)CN1C. The highest BCUT2D eigenvalue weighted by molar-refractivity contribution is 7.92. The molecule has 110 valence electrons. The lowest BCUT2D eigenvalue weighted by molar-refractivity contribution is -0.120. The van der Waals surface area contributed by atoms with Crippen LogP contribution < -0.4 is 0 Å². The van der Waals surface area contributed by atoms with Gasteiger partial charge in [-0.1, -0.05) is 20.8 Å². The quantitative estimate of drug-likeness (QED) is 0.769. The summed E-state index contributed by atoms with van der Waals surface area (Å²) in [7, 11) is -0.900. The Hall–Kier alpha value is -0.420. The molecule has 0 saturated carbocycles. The number of carbonyl (C=O) groups excluding carboxylic acids is 1. The number of likely N-dealkylation sites (N-methyl/N-ethyl adjacent to an activating group) is 1. The second kappa shape index (κ2) is 4.29. The van der Waals surface area contributed by atoms with Crippen molar-refractivity contribution >= 4 is 15.6 Å². The van der Waals surface area contributed by atoms with Crippen LogP contribution in [0, 0.1) is 16.7 Å². The molecule has 2 saturated heterocycles. The van der Waals surface area contributed by atoms with E-state index in [4.69, 9.17) is 0 Å². The van der Waals surface area contributed by atoms with Crippen molar-refractivity contribution in [2.45, 2.75) is 40.2 Å². The van der Waals surface area contributed by atoms with Crippen molar-refractivity contribution in [1.29, 1.82) is 0 Å². The van der Waals surface area contributed by atoms with Gasteiger partial charge in [0, 0.05) is 12.0 Å². The van der Waals surface area contributed by atoms with E-state index in [1.165, 1.54) is 0 Å². The van der Waals surface area contributed by atoms with Gasteiger partial charge in [-0.05, 0) is 31.7 Å². The van der Waals surface area contributed by atoms with Crippen LogP contribution in [0.25, 0.3) is 0 Å². The summed E-state index contributed by atoms with van der Waals surface area (Å²) in [6, 6.07) is -0.0347. The Bertz CT molecular complexity index is 477. The molecule has 0 aromatic carbocycles. The van der Waals surface area contributed by atoms with Crippen LogP contribution in [0.15, 0.2) is 0 Å². The highest BCUT2D eigenvalue weighted by atomic mass is 32.2. The third-order valence-corrected chi connectivity index (χ3v) is 7.16. The molecule has 2 aliphatic rings. The molecule has 0 aromatic rings. The summed E-state index contributed by atoms with van der Waals surface area (Å²) < 4.78 is 23.4. The van der Waals surface area contributed by atoms with E-state index in [9.17, 15) is 13.2 Å². The number of sulfone groups is 1. The third-order valence-electron chi connectivity index (χ3n) is 5.25. The van der Waals surface area contributed by atoms with Crippen LogP contribution in [0.5, 0.6) is 0 Å². The zero-order chi connectivity index (χ0) is 14.6. The number of carbonyl (C=O) groups is 1. The van der Waals surface area contributed by atoms with E-state index in [2.05, 4.69) is 25.7 Å². The second-order valence-electron chi connectivity index (χ2n) is 7.44. The molecule has 2 fully saturated rings. The van der Waals surface area contributed by atoms with Crippen molar-refractivity contribution in [3.63, 3.8) is 0 Å². The minimum absolute atomic E-state index is 0.0347. The minimum atomic E-state index is -2.87. The Morgan fingerprint density at radius 3 is 2.11 bits per heavy atom. The van der Waals surface area contributed by atoms with Crippen molar-refractivity contribution < 1.29 is 13.2 Å². The normalized spacial score (nSPS) is 33.9.